The number of aromatic nitrogens is 6. The van der Waals surface area contributed by atoms with Crippen LogP contribution in [-0.2, 0) is 0 Å². The zero-order chi connectivity index (χ0) is 27.4. The highest BCUT2D eigenvalue weighted by molar-refractivity contribution is 6.08. The van der Waals surface area contributed by atoms with Crippen molar-refractivity contribution in [2.75, 3.05) is 0 Å². The molecule has 0 unspecified atom stereocenters. The SMILES string of the molecule is Cc1cnc2ncc(-c3nc4c(-c5cnc6ncccc6c5)c(C(=O)O)c(C)cc4n3C3CCCCC3)cc2c1. The number of nitrogens with zero attached hydrogens (tertiary/aromatic N) is 6. The summed E-state index contributed by atoms with van der Waals surface area (Å²) in [6.45, 7) is 3.89. The predicted octanol–water partition coefficient (Wildman–Crippen LogP) is 7.08. The summed E-state index contributed by atoms with van der Waals surface area (Å²) >= 11 is 0. The van der Waals surface area contributed by atoms with Gasteiger partial charge in [-0.25, -0.2) is 29.7 Å². The predicted molar refractivity (Wildman–Crippen MR) is 155 cm³/mol. The second-order valence-corrected chi connectivity index (χ2v) is 10.8. The van der Waals surface area contributed by atoms with E-state index in [1.54, 1.807) is 12.4 Å². The summed E-state index contributed by atoms with van der Waals surface area (Å²) < 4.78 is 2.33. The third kappa shape index (κ3) is 3.99. The van der Waals surface area contributed by atoms with E-state index < -0.39 is 5.97 Å². The lowest BCUT2D eigenvalue weighted by molar-refractivity contribution is 0.0697. The standard InChI is InChI=1S/C32H28N6O2/c1-18-11-21-14-23(17-36-30(21)34-15-18)31-37-28-25(38(31)24-8-4-3-5-9-24)12-19(2)26(32(39)40)27(28)22-13-20-7-6-10-33-29(20)35-16-22/h6-7,10-17,24H,3-5,8-9H2,1-2H3,(H,39,40). The van der Waals surface area contributed by atoms with E-state index in [1.165, 1.54) is 6.42 Å². The Morgan fingerprint density at radius 3 is 2.40 bits per heavy atom. The lowest BCUT2D eigenvalue weighted by atomic mass is 9.93. The fraction of sp³-hybridized carbons (Fsp3) is 0.250. The number of fused-ring (bicyclic) bond motifs is 3. The van der Waals surface area contributed by atoms with Crippen molar-refractivity contribution in [1.82, 2.24) is 29.5 Å². The first kappa shape index (κ1) is 24.3. The molecule has 40 heavy (non-hydrogen) atoms. The first-order valence-corrected chi connectivity index (χ1v) is 13.7. The van der Waals surface area contributed by atoms with Crippen LogP contribution in [0.3, 0.4) is 0 Å². The topological polar surface area (TPSA) is 107 Å². The number of hydrogen-bond donors (Lipinski definition) is 1. The Hall–Kier alpha value is -4.72. The molecule has 0 saturated heterocycles. The zero-order valence-electron chi connectivity index (χ0n) is 22.4. The molecule has 0 bridgehead atoms. The lowest BCUT2D eigenvalue weighted by Crippen LogP contribution is -2.14. The number of aryl methyl sites for hydroxylation is 2. The van der Waals surface area contributed by atoms with E-state index in [1.807, 2.05) is 50.5 Å². The van der Waals surface area contributed by atoms with Gasteiger partial charge in [0.05, 0.1) is 16.6 Å². The first-order chi connectivity index (χ1) is 19.5. The maximum absolute atomic E-state index is 12.7. The smallest absolute Gasteiger partial charge is 0.336 e. The molecule has 1 N–H and O–H groups in total. The minimum absolute atomic E-state index is 0.244. The summed E-state index contributed by atoms with van der Waals surface area (Å²) in [5.41, 5.74) is 7.10. The Kier molecular flexibility index (Phi) is 5.77. The molecular weight excluding hydrogens is 500 g/mol. The molecule has 7 rings (SSSR count). The monoisotopic (exact) mass is 528 g/mol. The zero-order valence-corrected chi connectivity index (χ0v) is 22.4. The van der Waals surface area contributed by atoms with Crippen LogP contribution in [0.15, 0.2) is 61.2 Å². The molecule has 6 aromatic rings. The number of carbonyl (C=O) groups is 1. The molecule has 0 atom stereocenters. The largest absolute Gasteiger partial charge is 0.478 e. The lowest BCUT2D eigenvalue weighted by Gasteiger charge is -2.26. The van der Waals surface area contributed by atoms with E-state index in [2.05, 4.69) is 36.6 Å². The summed E-state index contributed by atoms with van der Waals surface area (Å²) in [6.07, 6.45) is 12.7. The molecule has 8 heteroatoms. The normalized spacial score (nSPS) is 14.3. The fourth-order valence-electron chi connectivity index (χ4n) is 6.19. The van der Waals surface area contributed by atoms with Crippen LogP contribution >= 0.6 is 0 Å². The van der Waals surface area contributed by atoms with Crippen molar-refractivity contribution < 1.29 is 9.90 Å². The summed E-state index contributed by atoms with van der Waals surface area (Å²) in [4.78, 5) is 35.9. The van der Waals surface area contributed by atoms with Gasteiger partial charge in [0.1, 0.15) is 5.82 Å². The second kappa shape index (κ2) is 9.48. The molecule has 0 radical (unpaired) electrons. The van der Waals surface area contributed by atoms with Crippen LogP contribution in [0.25, 0.3) is 55.6 Å². The van der Waals surface area contributed by atoms with E-state index in [0.29, 0.717) is 33.5 Å². The van der Waals surface area contributed by atoms with Gasteiger partial charge in [-0.2, -0.15) is 0 Å². The molecule has 1 saturated carbocycles. The highest BCUT2D eigenvalue weighted by atomic mass is 16.4. The molecule has 0 aliphatic heterocycles. The van der Waals surface area contributed by atoms with Crippen LogP contribution in [0.2, 0.25) is 0 Å². The molecule has 1 aliphatic rings. The van der Waals surface area contributed by atoms with E-state index in [-0.39, 0.29) is 11.6 Å². The second-order valence-electron chi connectivity index (χ2n) is 10.8. The number of hydrogen-bond acceptors (Lipinski definition) is 6. The van der Waals surface area contributed by atoms with Crippen LogP contribution < -0.4 is 0 Å². The molecule has 1 aliphatic carbocycles. The van der Waals surface area contributed by atoms with Gasteiger partial charge in [0.2, 0.25) is 0 Å². The quantitative estimate of drug-likeness (QED) is 0.261. The molecule has 198 valence electrons. The van der Waals surface area contributed by atoms with E-state index in [4.69, 9.17) is 4.98 Å². The first-order valence-electron chi connectivity index (χ1n) is 13.7. The summed E-state index contributed by atoms with van der Waals surface area (Å²) in [5, 5.41) is 12.2. The maximum Gasteiger partial charge on any atom is 0.336 e. The number of benzene rings is 1. The molecule has 8 nitrogen and oxygen atoms in total. The minimum atomic E-state index is -0.983. The minimum Gasteiger partial charge on any atom is -0.478 e. The summed E-state index contributed by atoms with van der Waals surface area (Å²) in [5.74, 6) is -0.181. The Balaban J connectivity index is 1.56. The van der Waals surface area contributed by atoms with Crippen molar-refractivity contribution in [3.05, 3.63) is 77.9 Å². The Labute approximate surface area is 230 Å². The van der Waals surface area contributed by atoms with Gasteiger partial charge in [-0.1, -0.05) is 19.3 Å². The number of pyridine rings is 4. The van der Waals surface area contributed by atoms with Crippen LogP contribution in [0, 0.1) is 13.8 Å². The molecule has 1 fully saturated rings. The Morgan fingerprint density at radius 2 is 1.60 bits per heavy atom. The Bertz CT molecular complexity index is 1960. The van der Waals surface area contributed by atoms with Crippen molar-refractivity contribution in [1.29, 1.82) is 0 Å². The fourth-order valence-corrected chi connectivity index (χ4v) is 6.19. The number of rotatable bonds is 4. The van der Waals surface area contributed by atoms with Gasteiger partial charge in [0, 0.05) is 58.3 Å². The average molecular weight is 529 g/mol. The van der Waals surface area contributed by atoms with Gasteiger partial charge in [-0.05, 0) is 74.2 Å². The van der Waals surface area contributed by atoms with Gasteiger partial charge in [-0.15, -0.1) is 0 Å². The van der Waals surface area contributed by atoms with Crippen molar-refractivity contribution in [2.45, 2.75) is 52.0 Å². The summed E-state index contributed by atoms with van der Waals surface area (Å²) in [6, 6.07) is 12.2. The Morgan fingerprint density at radius 1 is 0.875 bits per heavy atom. The molecule has 5 heterocycles. The summed E-state index contributed by atoms with van der Waals surface area (Å²) in [7, 11) is 0. The van der Waals surface area contributed by atoms with E-state index in [9.17, 15) is 9.90 Å². The average Bonchev–Trinajstić information content (AvgIpc) is 3.35. The van der Waals surface area contributed by atoms with Crippen LogP contribution in [0.1, 0.15) is 59.6 Å². The molecule has 0 spiro atoms. The number of imidazole rings is 1. The van der Waals surface area contributed by atoms with Crippen molar-refractivity contribution >= 4 is 39.1 Å². The van der Waals surface area contributed by atoms with Gasteiger partial charge in [-0.3, -0.25) is 0 Å². The highest BCUT2D eigenvalue weighted by Crippen LogP contribution is 2.41. The third-order valence-electron chi connectivity index (χ3n) is 8.01. The van der Waals surface area contributed by atoms with Gasteiger partial charge in [0.15, 0.2) is 11.3 Å². The molecule has 1 aromatic carbocycles. The van der Waals surface area contributed by atoms with Crippen molar-refractivity contribution in [3.63, 3.8) is 0 Å². The van der Waals surface area contributed by atoms with Crippen LogP contribution in [0.4, 0.5) is 0 Å². The van der Waals surface area contributed by atoms with E-state index in [0.717, 1.165) is 58.9 Å². The number of carboxylic acid groups (broad SMARTS) is 1. The van der Waals surface area contributed by atoms with Crippen LogP contribution in [-0.4, -0.2) is 40.6 Å². The maximum atomic E-state index is 12.7. The van der Waals surface area contributed by atoms with Gasteiger partial charge in [0.25, 0.3) is 0 Å². The highest BCUT2D eigenvalue weighted by Gasteiger charge is 2.28. The molecule has 0 amide bonds. The van der Waals surface area contributed by atoms with Gasteiger partial charge < -0.3 is 9.67 Å². The molecule has 5 aromatic heterocycles. The van der Waals surface area contributed by atoms with Gasteiger partial charge >= 0.3 is 5.97 Å². The van der Waals surface area contributed by atoms with E-state index >= 15 is 0 Å². The van der Waals surface area contributed by atoms with Crippen molar-refractivity contribution in [2.24, 2.45) is 0 Å². The third-order valence-corrected chi connectivity index (χ3v) is 8.01. The van der Waals surface area contributed by atoms with Crippen LogP contribution in [0.5, 0.6) is 0 Å². The molecular formula is C32H28N6O2. The van der Waals surface area contributed by atoms with Crippen molar-refractivity contribution in [3.8, 4) is 22.5 Å². The number of aromatic carboxylic acids is 1. The number of carboxylic acids is 1.